The van der Waals surface area contributed by atoms with Crippen molar-refractivity contribution >= 4 is 45.6 Å². The number of carbonyl (C=O) groups is 1. The number of fused-ring (bicyclic) bond motifs is 2. The number of rotatable bonds is 2. The zero-order valence-corrected chi connectivity index (χ0v) is 13.7. The van der Waals surface area contributed by atoms with E-state index in [1.165, 1.54) is 17.2 Å². The zero-order chi connectivity index (χ0) is 16.1. The lowest BCUT2D eigenvalue weighted by atomic mass is 10.0. The Balaban J connectivity index is 1.85. The summed E-state index contributed by atoms with van der Waals surface area (Å²) in [5.41, 5.74) is 10.1. The minimum atomic E-state index is -0.333. The summed E-state index contributed by atoms with van der Waals surface area (Å²) in [7, 11) is 0. The van der Waals surface area contributed by atoms with Gasteiger partial charge in [0.2, 0.25) is 5.78 Å². The number of aryl methyl sites for hydroxylation is 2. The van der Waals surface area contributed by atoms with Gasteiger partial charge in [0.05, 0.1) is 10.7 Å². The molecule has 0 bridgehead atoms. The van der Waals surface area contributed by atoms with E-state index >= 15 is 0 Å². The molecule has 1 aliphatic rings. The van der Waals surface area contributed by atoms with Crippen LogP contribution in [0.15, 0.2) is 34.7 Å². The lowest BCUT2D eigenvalue weighted by Crippen LogP contribution is -2.03. The molecule has 5 heteroatoms. The van der Waals surface area contributed by atoms with Crippen molar-refractivity contribution < 1.29 is 9.21 Å². The molecule has 4 rings (SSSR count). The Morgan fingerprint density at radius 1 is 1.09 bits per heavy atom. The van der Waals surface area contributed by atoms with Crippen LogP contribution in [-0.4, -0.2) is 5.78 Å². The summed E-state index contributed by atoms with van der Waals surface area (Å²) in [6, 6.07) is 8.77. The minimum Gasteiger partial charge on any atom is -0.450 e. The highest BCUT2D eigenvalue weighted by Gasteiger charge is 2.24. The number of nitrogens with two attached hydrogens (primary N) is 1. The standard InChI is InChI=1S/C18H13Cl2NO2/c19-11-4-5-12(14(20)8-11)17(22)18-16(21)13-6-9-2-1-3-10(9)7-15(13)23-18/h4-8H,1-3,21H2. The number of halogens is 2. The van der Waals surface area contributed by atoms with Gasteiger partial charge in [-0.05, 0) is 60.7 Å². The second-order valence-corrected chi connectivity index (χ2v) is 6.61. The summed E-state index contributed by atoms with van der Waals surface area (Å²) in [6.07, 6.45) is 3.23. The molecule has 0 amide bonds. The van der Waals surface area contributed by atoms with Crippen LogP contribution in [0.1, 0.15) is 33.7 Å². The predicted octanol–water partition coefficient (Wildman–Crippen LogP) is 5.04. The molecule has 3 nitrogen and oxygen atoms in total. The summed E-state index contributed by atoms with van der Waals surface area (Å²) >= 11 is 12.0. The molecule has 2 aromatic carbocycles. The van der Waals surface area contributed by atoms with Gasteiger partial charge in [-0.2, -0.15) is 0 Å². The van der Waals surface area contributed by atoms with Gasteiger partial charge in [-0.15, -0.1) is 0 Å². The van der Waals surface area contributed by atoms with Gasteiger partial charge in [-0.25, -0.2) is 0 Å². The van der Waals surface area contributed by atoms with Crippen molar-refractivity contribution in [1.82, 2.24) is 0 Å². The molecule has 2 N–H and O–H groups in total. The van der Waals surface area contributed by atoms with Crippen molar-refractivity contribution in [3.63, 3.8) is 0 Å². The van der Waals surface area contributed by atoms with Gasteiger partial charge in [0.25, 0.3) is 0 Å². The molecule has 0 unspecified atom stereocenters. The average molecular weight is 346 g/mol. The predicted molar refractivity (Wildman–Crippen MR) is 92.5 cm³/mol. The van der Waals surface area contributed by atoms with Gasteiger partial charge in [-0.3, -0.25) is 4.79 Å². The third-order valence-electron chi connectivity index (χ3n) is 4.32. The molecular weight excluding hydrogens is 333 g/mol. The second kappa shape index (κ2) is 5.29. The van der Waals surface area contributed by atoms with Crippen LogP contribution in [0.4, 0.5) is 5.69 Å². The second-order valence-electron chi connectivity index (χ2n) is 5.77. The summed E-state index contributed by atoms with van der Waals surface area (Å²) in [6.45, 7) is 0. The van der Waals surface area contributed by atoms with E-state index in [9.17, 15) is 4.79 Å². The third kappa shape index (κ3) is 2.32. The normalized spacial score (nSPS) is 13.5. The molecule has 116 valence electrons. The quantitative estimate of drug-likeness (QED) is 0.661. The smallest absolute Gasteiger partial charge is 0.231 e. The fourth-order valence-corrected chi connectivity index (χ4v) is 3.64. The highest BCUT2D eigenvalue weighted by atomic mass is 35.5. The van der Waals surface area contributed by atoms with Crippen molar-refractivity contribution in [2.24, 2.45) is 0 Å². The fraction of sp³-hybridized carbons (Fsp3) is 0.167. The van der Waals surface area contributed by atoms with Crippen LogP contribution in [0.3, 0.4) is 0 Å². The molecule has 0 fully saturated rings. The maximum atomic E-state index is 12.7. The first kappa shape index (κ1) is 14.6. The molecule has 0 radical (unpaired) electrons. The molecule has 1 aliphatic carbocycles. The van der Waals surface area contributed by atoms with Crippen molar-refractivity contribution in [2.75, 3.05) is 5.73 Å². The number of ketones is 1. The number of nitrogen functional groups attached to an aromatic ring is 1. The lowest BCUT2D eigenvalue weighted by Gasteiger charge is -2.02. The van der Waals surface area contributed by atoms with Crippen molar-refractivity contribution in [2.45, 2.75) is 19.3 Å². The molecule has 0 aliphatic heterocycles. The molecule has 23 heavy (non-hydrogen) atoms. The Bertz CT molecular complexity index is 959. The van der Waals surface area contributed by atoms with Gasteiger partial charge in [-0.1, -0.05) is 23.2 Å². The number of carbonyl (C=O) groups excluding carboxylic acids is 1. The van der Waals surface area contributed by atoms with Crippen molar-refractivity contribution in [3.8, 4) is 0 Å². The van der Waals surface area contributed by atoms with E-state index in [1.807, 2.05) is 12.1 Å². The maximum Gasteiger partial charge on any atom is 0.231 e. The topological polar surface area (TPSA) is 56.2 Å². The van der Waals surface area contributed by atoms with Crippen LogP contribution in [0.2, 0.25) is 10.0 Å². The van der Waals surface area contributed by atoms with Crippen LogP contribution in [0, 0.1) is 0 Å². The zero-order valence-electron chi connectivity index (χ0n) is 12.2. The van der Waals surface area contributed by atoms with E-state index in [0.717, 1.165) is 24.6 Å². The van der Waals surface area contributed by atoms with Crippen molar-refractivity contribution in [1.29, 1.82) is 0 Å². The van der Waals surface area contributed by atoms with E-state index in [-0.39, 0.29) is 16.6 Å². The Hall–Kier alpha value is -1.97. The Labute approximate surface area is 143 Å². The van der Waals surface area contributed by atoms with Crippen LogP contribution in [0.25, 0.3) is 11.0 Å². The van der Waals surface area contributed by atoms with Crippen LogP contribution < -0.4 is 5.73 Å². The first-order valence-corrected chi connectivity index (χ1v) is 8.13. The molecule has 1 aromatic heterocycles. The molecule has 1 heterocycles. The summed E-state index contributed by atoms with van der Waals surface area (Å²) in [4.78, 5) is 12.7. The first-order chi connectivity index (χ1) is 11.0. The third-order valence-corrected chi connectivity index (χ3v) is 4.87. The van der Waals surface area contributed by atoms with Gasteiger partial charge in [0.15, 0.2) is 5.76 Å². The first-order valence-electron chi connectivity index (χ1n) is 7.38. The van der Waals surface area contributed by atoms with Gasteiger partial charge in [0.1, 0.15) is 5.58 Å². The molecule has 0 saturated carbocycles. The molecule has 0 atom stereocenters. The van der Waals surface area contributed by atoms with E-state index in [4.69, 9.17) is 33.4 Å². The highest BCUT2D eigenvalue weighted by Crippen LogP contribution is 2.36. The molecule has 3 aromatic rings. The van der Waals surface area contributed by atoms with E-state index in [2.05, 4.69) is 0 Å². The molecule has 0 saturated heterocycles. The highest BCUT2D eigenvalue weighted by molar-refractivity contribution is 6.37. The monoisotopic (exact) mass is 345 g/mol. The van der Waals surface area contributed by atoms with E-state index in [1.54, 1.807) is 12.1 Å². The lowest BCUT2D eigenvalue weighted by molar-refractivity contribution is 0.101. The number of hydrogen-bond acceptors (Lipinski definition) is 3. The number of hydrogen-bond donors (Lipinski definition) is 1. The Morgan fingerprint density at radius 3 is 2.57 bits per heavy atom. The maximum absolute atomic E-state index is 12.7. The van der Waals surface area contributed by atoms with E-state index < -0.39 is 0 Å². The van der Waals surface area contributed by atoms with E-state index in [0.29, 0.717) is 21.9 Å². The van der Waals surface area contributed by atoms with Crippen LogP contribution in [-0.2, 0) is 12.8 Å². The molecular formula is C18H13Cl2NO2. The summed E-state index contributed by atoms with van der Waals surface area (Å²) in [5, 5.41) is 1.55. The minimum absolute atomic E-state index is 0.132. The number of furan rings is 1. The average Bonchev–Trinajstić information content (AvgIpc) is 3.09. The SMILES string of the molecule is Nc1c(C(=O)c2ccc(Cl)cc2Cl)oc2cc3c(cc12)CCC3. The van der Waals surface area contributed by atoms with Crippen LogP contribution >= 0.6 is 23.2 Å². The van der Waals surface area contributed by atoms with Gasteiger partial charge < -0.3 is 10.2 Å². The molecule has 0 spiro atoms. The number of benzene rings is 2. The van der Waals surface area contributed by atoms with Crippen molar-refractivity contribution in [3.05, 3.63) is 62.8 Å². The Kier molecular flexibility index (Phi) is 3.36. The largest absolute Gasteiger partial charge is 0.450 e. The summed E-state index contributed by atoms with van der Waals surface area (Å²) in [5.74, 6) is -0.201. The number of anilines is 1. The van der Waals surface area contributed by atoms with Gasteiger partial charge >= 0.3 is 0 Å². The van der Waals surface area contributed by atoms with Gasteiger partial charge in [0, 0.05) is 16.0 Å². The fourth-order valence-electron chi connectivity index (χ4n) is 3.15. The Morgan fingerprint density at radius 2 is 1.83 bits per heavy atom. The summed E-state index contributed by atoms with van der Waals surface area (Å²) < 4.78 is 5.76. The van der Waals surface area contributed by atoms with Crippen LogP contribution in [0.5, 0.6) is 0 Å².